The molecule has 1 atom stereocenters. The van der Waals surface area contributed by atoms with Gasteiger partial charge < -0.3 is 9.84 Å². The number of aliphatic carboxylic acids is 1. The molecule has 76 valence electrons. The Bertz CT molecular complexity index is 312. The highest BCUT2D eigenvalue weighted by Gasteiger charge is 2.35. The summed E-state index contributed by atoms with van der Waals surface area (Å²) in [4.78, 5) is 14.9. The molecular formula is C10H13NO3. The summed E-state index contributed by atoms with van der Waals surface area (Å²) >= 11 is 0. The van der Waals surface area contributed by atoms with E-state index in [1.165, 1.54) is 6.92 Å². The summed E-state index contributed by atoms with van der Waals surface area (Å²) in [7, 11) is 0. The minimum atomic E-state index is -1.28. The van der Waals surface area contributed by atoms with Crippen LogP contribution in [0.15, 0.2) is 24.5 Å². The Morgan fingerprint density at radius 3 is 2.57 bits per heavy atom. The topological polar surface area (TPSA) is 59.4 Å². The lowest BCUT2D eigenvalue weighted by Crippen LogP contribution is -2.35. The van der Waals surface area contributed by atoms with Crippen LogP contribution < -0.4 is 0 Å². The molecule has 0 saturated carbocycles. The number of carboxylic acids is 1. The first-order valence-corrected chi connectivity index (χ1v) is 4.39. The first-order valence-electron chi connectivity index (χ1n) is 4.39. The quantitative estimate of drug-likeness (QED) is 0.789. The second-order valence-corrected chi connectivity index (χ2v) is 3.01. The smallest absolute Gasteiger partial charge is 0.340 e. The van der Waals surface area contributed by atoms with Crippen molar-refractivity contribution in [1.82, 2.24) is 4.98 Å². The molecule has 1 heterocycles. The second kappa shape index (κ2) is 4.19. The summed E-state index contributed by atoms with van der Waals surface area (Å²) in [5.74, 6) is -0.995. The van der Waals surface area contributed by atoms with E-state index in [1.54, 1.807) is 31.5 Å². The molecule has 14 heavy (non-hydrogen) atoms. The van der Waals surface area contributed by atoms with Crippen LogP contribution in [-0.2, 0) is 15.1 Å². The van der Waals surface area contributed by atoms with E-state index in [0.29, 0.717) is 12.2 Å². The van der Waals surface area contributed by atoms with Gasteiger partial charge in [0, 0.05) is 19.0 Å². The zero-order valence-corrected chi connectivity index (χ0v) is 8.23. The molecule has 1 aromatic rings. The van der Waals surface area contributed by atoms with Gasteiger partial charge in [-0.1, -0.05) is 0 Å². The Kier molecular flexibility index (Phi) is 3.19. The summed E-state index contributed by atoms with van der Waals surface area (Å²) in [5, 5.41) is 9.07. The van der Waals surface area contributed by atoms with Gasteiger partial charge >= 0.3 is 5.97 Å². The molecule has 4 heteroatoms. The van der Waals surface area contributed by atoms with Gasteiger partial charge in [0.1, 0.15) is 0 Å². The third-order valence-electron chi connectivity index (χ3n) is 2.07. The molecule has 1 N–H and O–H groups in total. The van der Waals surface area contributed by atoms with Crippen molar-refractivity contribution in [2.75, 3.05) is 6.61 Å². The summed E-state index contributed by atoms with van der Waals surface area (Å²) in [6, 6.07) is 3.29. The maximum absolute atomic E-state index is 11.1. The molecule has 1 aromatic heterocycles. The lowest BCUT2D eigenvalue weighted by molar-refractivity contribution is -0.164. The normalized spacial score (nSPS) is 14.7. The number of rotatable bonds is 4. The van der Waals surface area contributed by atoms with Gasteiger partial charge in [-0.25, -0.2) is 4.79 Å². The van der Waals surface area contributed by atoms with Crippen LogP contribution >= 0.6 is 0 Å². The van der Waals surface area contributed by atoms with Crippen LogP contribution in [0.25, 0.3) is 0 Å². The molecule has 0 aliphatic carbocycles. The van der Waals surface area contributed by atoms with Crippen LogP contribution in [0.4, 0.5) is 0 Å². The second-order valence-electron chi connectivity index (χ2n) is 3.01. The number of aromatic nitrogens is 1. The van der Waals surface area contributed by atoms with E-state index in [1.807, 2.05) is 0 Å². The molecule has 0 bridgehead atoms. The molecule has 0 aliphatic heterocycles. The fraction of sp³-hybridized carbons (Fsp3) is 0.400. The number of ether oxygens (including phenoxy) is 1. The Labute approximate surface area is 82.5 Å². The van der Waals surface area contributed by atoms with Crippen LogP contribution in [-0.4, -0.2) is 22.7 Å². The fourth-order valence-electron chi connectivity index (χ4n) is 1.23. The average molecular weight is 195 g/mol. The number of pyridine rings is 1. The molecule has 0 aliphatic rings. The van der Waals surface area contributed by atoms with Crippen molar-refractivity contribution >= 4 is 5.97 Å². The molecule has 0 aromatic carbocycles. The highest BCUT2D eigenvalue weighted by molar-refractivity contribution is 5.78. The van der Waals surface area contributed by atoms with Crippen molar-refractivity contribution < 1.29 is 14.6 Å². The molecule has 1 rings (SSSR count). The van der Waals surface area contributed by atoms with Gasteiger partial charge in [-0.2, -0.15) is 0 Å². The monoisotopic (exact) mass is 195 g/mol. The number of nitrogens with zero attached hydrogens (tertiary/aromatic N) is 1. The van der Waals surface area contributed by atoms with Crippen LogP contribution in [0.5, 0.6) is 0 Å². The summed E-state index contributed by atoms with van der Waals surface area (Å²) in [6.07, 6.45) is 3.10. The SMILES string of the molecule is CCOC(C)(C(=O)O)c1ccncc1. The highest BCUT2D eigenvalue weighted by Crippen LogP contribution is 2.24. The van der Waals surface area contributed by atoms with Crippen molar-refractivity contribution in [3.8, 4) is 0 Å². The van der Waals surface area contributed by atoms with E-state index < -0.39 is 11.6 Å². The van der Waals surface area contributed by atoms with Crippen LogP contribution in [0.3, 0.4) is 0 Å². The van der Waals surface area contributed by atoms with Gasteiger partial charge in [0.15, 0.2) is 5.60 Å². The molecule has 0 fully saturated rings. The number of carbonyl (C=O) groups is 1. The summed E-state index contributed by atoms with van der Waals surface area (Å²) in [5.41, 5.74) is -0.681. The van der Waals surface area contributed by atoms with Gasteiger partial charge in [-0.05, 0) is 31.5 Å². The Morgan fingerprint density at radius 1 is 1.57 bits per heavy atom. The summed E-state index contributed by atoms with van der Waals surface area (Å²) in [6.45, 7) is 3.65. The zero-order valence-electron chi connectivity index (χ0n) is 8.23. The molecule has 0 amide bonds. The van der Waals surface area contributed by atoms with E-state index in [-0.39, 0.29) is 0 Å². The van der Waals surface area contributed by atoms with Crippen molar-refractivity contribution in [3.05, 3.63) is 30.1 Å². The maximum atomic E-state index is 11.1. The van der Waals surface area contributed by atoms with Gasteiger partial charge in [-0.3, -0.25) is 4.98 Å². The maximum Gasteiger partial charge on any atom is 0.340 e. The van der Waals surface area contributed by atoms with Gasteiger partial charge in [0.05, 0.1) is 0 Å². The Balaban J connectivity index is 3.06. The Hall–Kier alpha value is -1.42. The first-order chi connectivity index (χ1) is 6.61. The third-order valence-corrected chi connectivity index (χ3v) is 2.07. The largest absolute Gasteiger partial charge is 0.479 e. The minimum Gasteiger partial charge on any atom is -0.479 e. The average Bonchev–Trinajstić information content (AvgIpc) is 2.19. The van der Waals surface area contributed by atoms with E-state index in [2.05, 4.69) is 4.98 Å². The number of carboxylic acid groups (broad SMARTS) is 1. The predicted octanol–water partition coefficient (Wildman–Crippen LogP) is 1.42. The predicted molar refractivity (Wildman–Crippen MR) is 50.9 cm³/mol. The Morgan fingerprint density at radius 2 is 2.14 bits per heavy atom. The van der Waals surface area contributed by atoms with Gasteiger partial charge in [0.25, 0.3) is 0 Å². The van der Waals surface area contributed by atoms with Crippen molar-refractivity contribution in [3.63, 3.8) is 0 Å². The third kappa shape index (κ3) is 1.90. The lowest BCUT2D eigenvalue weighted by atomic mass is 9.97. The highest BCUT2D eigenvalue weighted by atomic mass is 16.5. The van der Waals surface area contributed by atoms with E-state index in [4.69, 9.17) is 9.84 Å². The van der Waals surface area contributed by atoms with E-state index >= 15 is 0 Å². The molecule has 0 saturated heterocycles. The lowest BCUT2D eigenvalue weighted by Gasteiger charge is -2.24. The molecular weight excluding hydrogens is 182 g/mol. The molecule has 1 unspecified atom stereocenters. The van der Waals surface area contributed by atoms with Crippen molar-refractivity contribution in [1.29, 1.82) is 0 Å². The van der Waals surface area contributed by atoms with Crippen molar-refractivity contribution in [2.45, 2.75) is 19.4 Å². The number of hydrogen-bond acceptors (Lipinski definition) is 3. The zero-order chi connectivity index (χ0) is 10.6. The fourth-order valence-corrected chi connectivity index (χ4v) is 1.23. The molecule has 0 radical (unpaired) electrons. The van der Waals surface area contributed by atoms with Gasteiger partial charge in [0.2, 0.25) is 0 Å². The van der Waals surface area contributed by atoms with Crippen LogP contribution in [0, 0.1) is 0 Å². The van der Waals surface area contributed by atoms with E-state index in [9.17, 15) is 4.79 Å². The van der Waals surface area contributed by atoms with Gasteiger partial charge in [-0.15, -0.1) is 0 Å². The van der Waals surface area contributed by atoms with Crippen LogP contribution in [0.2, 0.25) is 0 Å². The minimum absolute atomic E-state index is 0.352. The van der Waals surface area contributed by atoms with Crippen molar-refractivity contribution in [2.24, 2.45) is 0 Å². The first kappa shape index (κ1) is 10.7. The number of hydrogen-bond donors (Lipinski definition) is 1. The van der Waals surface area contributed by atoms with E-state index in [0.717, 1.165) is 0 Å². The summed E-state index contributed by atoms with van der Waals surface area (Å²) < 4.78 is 5.25. The standard InChI is InChI=1S/C10H13NO3/c1-3-14-10(2,9(12)13)8-4-6-11-7-5-8/h4-7H,3H2,1-2H3,(H,12,13). The molecule has 4 nitrogen and oxygen atoms in total. The van der Waals surface area contributed by atoms with Crippen LogP contribution in [0.1, 0.15) is 19.4 Å². The molecule has 0 spiro atoms.